The summed E-state index contributed by atoms with van der Waals surface area (Å²) in [6.07, 6.45) is 3.25. The highest BCUT2D eigenvalue weighted by Gasteiger charge is 2.21. The predicted octanol–water partition coefficient (Wildman–Crippen LogP) is 3.30. The van der Waals surface area contributed by atoms with Gasteiger partial charge in [0, 0.05) is 12.8 Å². The lowest BCUT2D eigenvalue weighted by molar-refractivity contribution is 0.259. The van der Waals surface area contributed by atoms with Crippen molar-refractivity contribution in [2.24, 2.45) is 11.3 Å². The minimum absolute atomic E-state index is 0.344. The van der Waals surface area contributed by atoms with Crippen LogP contribution in [0.1, 0.15) is 51.1 Å². The number of hydrogen-bond acceptors (Lipinski definition) is 4. The van der Waals surface area contributed by atoms with E-state index in [-0.39, 0.29) is 0 Å². The van der Waals surface area contributed by atoms with Gasteiger partial charge < -0.3 is 5.32 Å². The molecule has 104 valence electrons. The van der Waals surface area contributed by atoms with Crippen molar-refractivity contribution >= 4 is 11.3 Å². The Balaban J connectivity index is 2.39. The highest BCUT2D eigenvalue weighted by atomic mass is 32.1. The summed E-state index contributed by atoms with van der Waals surface area (Å²) >= 11 is 1.79. The minimum atomic E-state index is 0.344. The van der Waals surface area contributed by atoms with E-state index < -0.39 is 0 Å². The van der Waals surface area contributed by atoms with Crippen molar-refractivity contribution in [3.8, 4) is 0 Å². The Morgan fingerprint density at radius 3 is 2.50 bits per heavy atom. The predicted molar refractivity (Wildman–Crippen MR) is 79.1 cm³/mol. The van der Waals surface area contributed by atoms with Crippen LogP contribution in [0.5, 0.6) is 0 Å². The number of hydrogen-bond donors (Lipinski definition) is 1. The van der Waals surface area contributed by atoms with Gasteiger partial charge in [-0.25, -0.2) is 0 Å². The summed E-state index contributed by atoms with van der Waals surface area (Å²) in [5, 5.41) is 14.3. The van der Waals surface area contributed by atoms with Crippen LogP contribution in [0.4, 0.5) is 0 Å². The molecule has 1 atom stereocenters. The molecular weight excluding hydrogens is 242 g/mol. The van der Waals surface area contributed by atoms with E-state index in [4.69, 9.17) is 0 Å². The van der Waals surface area contributed by atoms with Gasteiger partial charge in [-0.3, -0.25) is 0 Å². The number of nitrogens with one attached hydrogen (secondary N) is 1. The molecule has 0 aliphatic carbocycles. The first-order valence-electron chi connectivity index (χ1n) is 6.95. The molecule has 0 aliphatic rings. The van der Waals surface area contributed by atoms with E-state index in [1.807, 2.05) is 0 Å². The molecule has 1 aromatic heterocycles. The van der Waals surface area contributed by atoms with Crippen molar-refractivity contribution in [2.45, 2.75) is 53.9 Å². The van der Waals surface area contributed by atoms with Crippen molar-refractivity contribution < 1.29 is 0 Å². The van der Waals surface area contributed by atoms with Gasteiger partial charge in [-0.1, -0.05) is 34.6 Å². The second-order valence-corrected chi connectivity index (χ2v) is 7.16. The van der Waals surface area contributed by atoms with Crippen LogP contribution in [0.3, 0.4) is 0 Å². The average molecular weight is 269 g/mol. The Labute approximate surface area is 115 Å². The summed E-state index contributed by atoms with van der Waals surface area (Å²) in [6.45, 7) is 13.4. The van der Waals surface area contributed by atoms with Gasteiger partial charge in [0.25, 0.3) is 0 Å². The lowest BCUT2D eigenvalue weighted by Crippen LogP contribution is -2.19. The maximum Gasteiger partial charge on any atom is 0.117 e. The second kappa shape index (κ2) is 7.19. The summed E-state index contributed by atoms with van der Waals surface area (Å²) in [5.41, 5.74) is 0.344. The standard InChI is InChI=1S/C14H27N3S/c1-6-15-9-7-8-12-16-17-13(18-12)10-11(2)14(3,4)5/h11,15H,6-10H2,1-5H3. The molecule has 0 spiro atoms. The van der Waals surface area contributed by atoms with Crippen LogP contribution in [0.25, 0.3) is 0 Å². The third-order valence-corrected chi connectivity index (χ3v) is 4.47. The molecule has 1 heterocycles. The maximum atomic E-state index is 4.32. The number of aryl methyl sites for hydroxylation is 1. The van der Waals surface area contributed by atoms with E-state index in [0.29, 0.717) is 11.3 Å². The van der Waals surface area contributed by atoms with Crippen LogP contribution in [0, 0.1) is 11.3 Å². The van der Waals surface area contributed by atoms with Crippen molar-refractivity contribution in [1.82, 2.24) is 15.5 Å². The zero-order chi connectivity index (χ0) is 13.6. The molecule has 0 bridgehead atoms. The Morgan fingerprint density at radius 1 is 1.22 bits per heavy atom. The van der Waals surface area contributed by atoms with E-state index in [2.05, 4.69) is 50.1 Å². The fourth-order valence-electron chi connectivity index (χ4n) is 1.58. The first kappa shape index (κ1) is 15.6. The Kier molecular flexibility index (Phi) is 6.22. The molecule has 0 saturated carbocycles. The summed E-state index contributed by atoms with van der Waals surface area (Å²) in [7, 11) is 0. The Hall–Kier alpha value is -0.480. The smallest absolute Gasteiger partial charge is 0.117 e. The van der Waals surface area contributed by atoms with Gasteiger partial charge in [-0.2, -0.15) is 0 Å². The van der Waals surface area contributed by atoms with Crippen molar-refractivity contribution in [3.05, 3.63) is 10.0 Å². The van der Waals surface area contributed by atoms with E-state index >= 15 is 0 Å². The van der Waals surface area contributed by atoms with Crippen molar-refractivity contribution in [1.29, 1.82) is 0 Å². The zero-order valence-corrected chi connectivity index (χ0v) is 13.2. The van der Waals surface area contributed by atoms with Crippen LogP contribution in [-0.4, -0.2) is 23.3 Å². The van der Waals surface area contributed by atoms with E-state index in [1.54, 1.807) is 11.3 Å². The topological polar surface area (TPSA) is 37.8 Å². The van der Waals surface area contributed by atoms with E-state index in [0.717, 1.165) is 32.4 Å². The third kappa shape index (κ3) is 5.44. The summed E-state index contributed by atoms with van der Waals surface area (Å²) < 4.78 is 0. The Morgan fingerprint density at radius 2 is 1.89 bits per heavy atom. The summed E-state index contributed by atoms with van der Waals surface area (Å²) in [4.78, 5) is 0. The van der Waals surface area contributed by atoms with Gasteiger partial charge in [-0.15, -0.1) is 21.5 Å². The maximum absolute atomic E-state index is 4.32. The molecule has 0 aliphatic heterocycles. The summed E-state index contributed by atoms with van der Waals surface area (Å²) in [5.74, 6) is 0.639. The van der Waals surface area contributed by atoms with Gasteiger partial charge in [0.1, 0.15) is 10.0 Å². The molecule has 0 amide bonds. The lowest BCUT2D eigenvalue weighted by atomic mass is 9.80. The quantitative estimate of drug-likeness (QED) is 0.772. The number of nitrogens with zero attached hydrogens (tertiary/aromatic N) is 2. The SMILES string of the molecule is CCNCCCc1nnc(CC(C)C(C)(C)C)s1. The molecule has 1 rings (SSSR count). The van der Waals surface area contributed by atoms with Crippen LogP contribution < -0.4 is 5.32 Å². The lowest BCUT2D eigenvalue weighted by Gasteiger charge is -2.26. The molecule has 0 saturated heterocycles. The van der Waals surface area contributed by atoms with Crippen molar-refractivity contribution in [2.75, 3.05) is 13.1 Å². The van der Waals surface area contributed by atoms with Crippen LogP contribution >= 0.6 is 11.3 Å². The fraction of sp³-hybridized carbons (Fsp3) is 0.857. The molecule has 18 heavy (non-hydrogen) atoms. The third-order valence-electron chi connectivity index (χ3n) is 3.46. The highest BCUT2D eigenvalue weighted by Crippen LogP contribution is 2.29. The normalized spacial score (nSPS) is 13.8. The molecule has 0 radical (unpaired) electrons. The van der Waals surface area contributed by atoms with Gasteiger partial charge in [0.15, 0.2) is 0 Å². The first-order valence-corrected chi connectivity index (χ1v) is 7.77. The monoisotopic (exact) mass is 269 g/mol. The van der Waals surface area contributed by atoms with Gasteiger partial charge in [0.05, 0.1) is 0 Å². The molecular formula is C14H27N3S. The molecule has 1 aromatic rings. The van der Waals surface area contributed by atoms with Gasteiger partial charge in [0.2, 0.25) is 0 Å². The molecule has 1 N–H and O–H groups in total. The van der Waals surface area contributed by atoms with Crippen LogP contribution in [0.2, 0.25) is 0 Å². The van der Waals surface area contributed by atoms with E-state index in [1.165, 1.54) is 10.0 Å². The van der Waals surface area contributed by atoms with Crippen molar-refractivity contribution in [3.63, 3.8) is 0 Å². The first-order chi connectivity index (χ1) is 8.43. The molecule has 0 aromatic carbocycles. The molecule has 3 nitrogen and oxygen atoms in total. The average Bonchev–Trinajstić information content (AvgIpc) is 2.71. The fourth-order valence-corrected chi connectivity index (χ4v) is 2.60. The largest absolute Gasteiger partial charge is 0.317 e. The van der Waals surface area contributed by atoms with Gasteiger partial charge >= 0.3 is 0 Å². The van der Waals surface area contributed by atoms with Gasteiger partial charge in [-0.05, 0) is 30.8 Å². The Bertz CT molecular complexity index is 341. The second-order valence-electron chi connectivity index (χ2n) is 6.02. The number of rotatable bonds is 7. The summed E-state index contributed by atoms with van der Waals surface area (Å²) in [6, 6.07) is 0. The zero-order valence-electron chi connectivity index (χ0n) is 12.4. The van der Waals surface area contributed by atoms with E-state index in [9.17, 15) is 0 Å². The molecule has 0 fully saturated rings. The highest BCUT2D eigenvalue weighted by molar-refractivity contribution is 7.11. The molecule has 1 unspecified atom stereocenters. The van der Waals surface area contributed by atoms with Crippen LogP contribution in [0.15, 0.2) is 0 Å². The number of aromatic nitrogens is 2. The minimum Gasteiger partial charge on any atom is -0.317 e. The molecule has 4 heteroatoms. The van der Waals surface area contributed by atoms with Crippen LogP contribution in [-0.2, 0) is 12.8 Å².